The smallest absolute Gasteiger partial charge is 0.245 e. The van der Waals surface area contributed by atoms with E-state index in [0.29, 0.717) is 5.13 Å². The average molecular weight is 321 g/mol. The summed E-state index contributed by atoms with van der Waals surface area (Å²) in [7, 11) is 0. The lowest BCUT2D eigenvalue weighted by Crippen LogP contribution is -2.46. The Hall–Kier alpha value is -1.18. The number of carbonyl (C=O) groups excluding carboxylic acids is 2. The van der Waals surface area contributed by atoms with Gasteiger partial charge in [-0.05, 0) is 12.3 Å². The zero-order valence-corrected chi connectivity index (χ0v) is 13.4. The van der Waals surface area contributed by atoms with Crippen molar-refractivity contribution in [2.75, 3.05) is 11.9 Å². The van der Waals surface area contributed by atoms with Gasteiger partial charge in [0, 0.05) is 11.1 Å². The second-order valence-electron chi connectivity index (χ2n) is 4.52. The van der Waals surface area contributed by atoms with Crippen LogP contribution in [-0.4, -0.2) is 29.4 Å². The third-order valence-electron chi connectivity index (χ3n) is 2.59. The lowest BCUT2D eigenvalue weighted by molar-refractivity contribution is -0.125. The van der Waals surface area contributed by atoms with Crippen molar-refractivity contribution in [1.29, 1.82) is 0 Å². The molecule has 6 nitrogen and oxygen atoms in total. The molecule has 0 saturated carbocycles. The van der Waals surface area contributed by atoms with Crippen LogP contribution in [0.25, 0.3) is 0 Å². The van der Waals surface area contributed by atoms with E-state index in [1.54, 1.807) is 6.20 Å². The maximum absolute atomic E-state index is 11.6. The fourth-order valence-corrected chi connectivity index (χ4v) is 2.05. The van der Waals surface area contributed by atoms with Crippen molar-refractivity contribution in [1.82, 2.24) is 10.3 Å². The van der Waals surface area contributed by atoms with Crippen molar-refractivity contribution in [2.45, 2.75) is 33.2 Å². The molecule has 0 saturated heterocycles. The molecule has 1 aromatic rings. The van der Waals surface area contributed by atoms with Gasteiger partial charge < -0.3 is 16.4 Å². The Morgan fingerprint density at radius 1 is 1.45 bits per heavy atom. The van der Waals surface area contributed by atoms with E-state index < -0.39 is 6.04 Å². The normalized spacial score (nSPS) is 11.7. The fourth-order valence-electron chi connectivity index (χ4n) is 1.28. The first-order valence-electron chi connectivity index (χ1n) is 6.21. The van der Waals surface area contributed by atoms with Crippen LogP contribution in [0.1, 0.15) is 25.6 Å². The number of aryl methyl sites for hydroxylation is 1. The summed E-state index contributed by atoms with van der Waals surface area (Å²) in [6.07, 6.45) is 2.61. The molecule has 0 bridgehead atoms. The molecule has 0 aliphatic rings. The molecule has 1 heterocycles. The van der Waals surface area contributed by atoms with Gasteiger partial charge in [0.05, 0.1) is 12.6 Å². The molecule has 0 fully saturated rings. The number of nitrogens with zero attached hydrogens (tertiary/aromatic N) is 1. The Bertz CT molecular complexity index is 450. The molecular weight excluding hydrogens is 300 g/mol. The molecular formula is C12H21ClN4O2S. The van der Waals surface area contributed by atoms with Gasteiger partial charge in [0.25, 0.3) is 0 Å². The van der Waals surface area contributed by atoms with E-state index in [1.165, 1.54) is 11.3 Å². The van der Waals surface area contributed by atoms with Gasteiger partial charge in [-0.2, -0.15) is 0 Å². The minimum absolute atomic E-state index is 0. The Morgan fingerprint density at radius 2 is 2.10 bits per heavy atom. The first kappa shape index (κ1) is 18.8. The van der Waals surface area contributed by atoms with Crippen LogP contribution in [0.3, 0.4) is 0 Å². The van der Waals surface area contributed by atoms with E-state index in [1.807, 2.05) is 20.8 Å². The monoisotopic (exact) mass is 320 g/mol. The molecule has 0 aromatic carbocycles. The number of nitrogens with one attached hydrogen (secondary N) is 2. The number of aromatic nitrogens is 1. The predicted molar refractivity (Wildman–Crippen MR) is 83.2 cm³/mol. The van der Waals surface area contributed by atoms with Crippen LogP contribution >= 0.6 is 23.7 Å². The highest BCUT2D eigenvalue weighted by Crippen LogP contribution is 2.17. The van der Waals surface area contributed by atoms with Crippen LogP contribution in [0, 0.1) is 5.92 Å². The van der Waals surface area contributed by atoms with Gasteiger partial charge in [-0.3, -0.25) is 9.59 Å². The van der Waals surface area contributed by atoms with Gasteiger partial charge in [0.2, 0.25) is 11.8 Å². The first-order valence-corrected chi connectivity index (χ1v) is 7.03. The molecule has 20 heavy (non-hydrogen) atoms. The maximum atomic E-state index is 11.6. The molecule has 4 N–H and O–H groups in total. The highest BCUT2D eigenvalue weighted by Gasteiger charge is 2.17. The van der Waals surface area contributed by atoms with Crippen LogP contribution in [-0.2, 0) is 16.0 Å². The largest absolute Gasteiger partial charge is 0.346 e. The number of rotatable bonds is 6. The number of amides is 2. The molecule has 1 aromatic heterocycles. The molecule has 0 spiro atoms. The summed E-state index contributed by atoms with van der Waals surface area (Å²) in [4.78, 5) is 28.3. The van der Waals surface area contributed by atoms with Crippen LogP contribution in [0.15, 0.2) is 6.20 Å². The van der Waals surface area contributed by atoms with Crippen molar-refractivity contribution in [3.63, 3.8) is 0 Å². The topological polar surface area (TPSA) is 97.1 Å². The van der Waals surface area contributed by atoms with Gasteiger partial charge in [0.1, 0.15) is 0 Å². The molecule has 1 atom stereocenters. The molecule has 114 valence electrons. The van der Waals surface area contributed by atoms with Crippen molar-refractivity contribution in [2.24, 2.45) is 11.7 Å². The second-order valence-corrected chi connectivity index (χ2v) is 5.64. The number of thiazole rings is 1. The van der Waals surface area contributed by atoms with Crippen molar-refractivity contribution in [3.05, 3.63) is 11.1 Å². The number of anilines is 1. The summed E-state index contributed by atoms with van der Waals surface area (Å²) >= 11 is 1.43. The highest BCUT2D eigenvalue weighted by molar-refractivity contribution is 7.15. The van der Waals surface area contributed by atoms with E-state index in [4.69, 9.17) is 5.73 Å². The Morgan fingerprint density at radius 3 is 2.60 bits per heavy atom. The van der Waals surface area contributed by atoms with Crippen molar-refractivity contribution in [3.8, 4) is 0 Å². The second kappa shape index (κ2) is 8.89. The van der Waals surface area contributed by atoms with Gasteiger partial charge in [-0.1, -0.05) is 20.8 Å². The zero-order chi connectivity index (χ0) is 14.4. The Balaban J connectivity index is 0.00000361. The van der Waals surface area contributed by atoms with Crippen molar-refractivity contribution >= 4 is 40.7 Å². The molecule has 0 unspecified atom stereocenters. The molecule has 2 amide bonds. The van der Waals surface area contributed by atoms with E-state index in [2.05, 4.69) is 15.6 Å². The minimum Gasteiger partial charge on any atom is -0.346 e. The van der Waals surface area contributed by atoms with E-state index >= 15 is 0 Å². The third-order valence-corrected chi connectivity index (χ3v) is 3.65. The predicted octanol–water partition coefficient (Wildman–Crippen LogP) is 1.17. The maximum Gasteiger partial charge on any atom is 0.245 e. The van der Waals surface area contributed by atoms with E-state index in [-0.39, 0.29) is 36.7 Å². The zero-order valence-electron chi connectivity index (χ0n) is 11.8. The Kier molecular flexibility index (Phi) is 8.36. The summed E-state index contributed by atoms with van der Waals surface area (Å²) in [6, 6.07) is -0.598. The average Bonchev–Trinajstić information content (AvgIpc) is 2.82. The molecule has 8 heteroatoms. The van der Waals surface area contributed by atoms with Gasteiger partial charge >= 0.3 is 0 Å². The number of halogens is 1. The van der Waals surface area contributed by atoms with Crippen LogP contribution in [0.4, 0.5) is 5.13 Å². The first-order chi connectivity index (χ1) is 8.93. The minimum atomic E-state index is -0.598. The quantitative estimate of drug-likeness (QED) is 0.732. The van der Waals surface area contributed by atoms with E-state index in [0.717, 1.165) is 11.3 Å². The summed E-state index contributed by atoms with van der Waals surface area (Å²) in [6.45, 7) is 5.63. The molecule has 0 radical (unpaired) electrons. The van der Waals surface area contributed by atoms with Crippen LogP contribution in [0.5, 0.6) is 0 Å². The fraction of sp³-hybridized carbons (Fsp3) is 0.583. The van der Waals surface area contributed by atoms with Gasteiger partial charge in [0.15, 0.2) is 5.13 Å². The molecule has 1 rings (SSSR count). The lowest BCUT2D eigenvalue weighted by atomic mass is 10.1. The third kappa shape index (κ3) is 5.85. The van der Waals surface area contributed by atoms with Gasteiger partial charge in [-0.25, -0.2) is 4.98 Å². The molecule has 0 aliphatic heterocycles. The number of nitrogens with two attached hydrogens (primary N) is 1. The van der Waals surface area contributed by atoms with E-state index in [9.17, 15) is 9.59 Å². The van der Waals surface area contributed by atoms with Crippen LogP contribution < -0.4 is 16.4 Å². The number of hydrogen-bond donors (Lipinski definition) is 3. The summed E-state index contributed by atoms with van der Waals surface area (Å²) < 4.78 is 0. The van der Waals surface area contributed by atoms with Crippen LogP contribution in [0.2, 0.25) is 0 Å². The highest BCUT2D eigenvalue weighted by atomic mass is 35.5. The lowest BCUT2D eigenvalue weighted by Gasteiger charge is -2.14. The standard InChI is InChI=1S/C12H20N4O2S.ClH/c1-4-8-5-15-12(19-8)16-9(17)6-14-11(18)10(13)7(2)3;/h5,7,10H,4,6,13H2,1-3H3,(H,14,18)(H,15,16,17);1H/t10-;/m0./s1. The summed E-state index contributed by atoms with van der Waals surface area (Å²) in [5, 5.41) is 5.68. The summed E-state index contributed by atoms with van der Waals surface area (Å²) in [5.41, 5.74) is 5.67. The Labute approximate surface area is 128 Å². The SMILES string of the molecule is CCc1cnc(NC(=O)CNC(=O)[C@@H](N)C(C)C)s1.Cl. The number of carbonyl (C=O) groups is 2. The molecule has 0 aliphatic carbocycles. The van der Waals surface area contributed by atoms with Crippen molar-refractivity contribution < 1.29 is 9.59 Å². The number of hydrogen-bond acceptors (Lipinski definition) is 5. The summed E-state index contributed by atoms with van der Waals surface area (Å²) in [5.74, 6) is -0.589. The van der Waals surface area contributed by atoms with Gasteiger partial charge in [-0.15, -0.1) is 23.7 Å².